The summed E-state index contributed by atoms with van der Waals surface area (Å²) < 4.78 is 13.3. The van der Waals surface area contributed by atoms with E-state index in [0.717, 1.165) is 38.0 Å². The third-order valence-electron chi connectivity index (χ3n) is 4.33. The maximum atomic E-state index is 13.3. The minimum atomic E-state index is -0.790. The zero-order valence-electron chi connectivity index (χ0n) is 13.1. The van der Waals surface area contributed by atoms with Gasteiger partial charge in [-0.15, -0.1) is 0 Å². The standard InChI is InChI=1S/C16H21Cl2FN2O2/c1-2-21(10-14(22)23)12-5-7-20(8-6-12)9-11-3-4-13(19)16(18)15(11)17/h3-4,12H,2,5-10H2,1H3,(H,22,23). The molecule has 1 aromatic rings. The van der Waals surface area contributed by atoms with Crippen molar-refractivity contribution in [1.29, 1.82) is 0 Å². The maximum Gasteiger partial charge on any atom is 0.317 e. The van der Waals surface area contributed by atoms with Crippen molar-refractivity contribution in [2.24, 2.45) is 0 Å². The van der Waals surface area contributed by atoms with Crippen LogP contribution in [0.5, 0.6) is 0 Å². The van der Waals surface area contributed by atoms with Crippen molar-refractivity contribution in [2.45, 2.75) is 32.4 Å². The van der Waals surface area contributed by atoms with Crippen LogP contribution in [0.2, 0.25) is 10.0 Å². The Balaban J connectivity index is 1.92. The van der Waals surface area contributed by atoms with Crippen LogP contribution in [0.15, 0.2) is 12.1 Å². The van der Waals surface area contributed by atoms with Gasteiger partial charge in [0.2, 0.25) is 0 Å². The summed E-state index contributed by atoms with van der Waals surface area (Å²) >= 11 is 11.9. The van der Waals surface area contributed by atoms with Crippen molar-refractivity contribution < 1.29 is 14.3 Å². The minimum absolute atomic E-state index is 0.0299. The second-order valence-corrected chi connectivity index (χ2v) is 6.55. The van der Waals surface area contributed by atoms with Gasteiger partial charge in [0.15, 0.2) is 0 Å². The Morgan fingerprint density at radius 1 is 1.35 bits per heavy atom. The Morgan fingerprint density at radius 2 is 2.00 bits per heavy atom. The summed E-state index contributed by atoms with van der Waals surface area (Å²) in [5.74, 6) is -1.30. The van der Waals surface area contributed by atoms with Crippen molar-refractivity contribution in [1.82, 2.24) is 9.80 Å². The van der Waals surface area contributed by atoms with E-state index in [9.17, 15) is 9.18 Å². The van der Waals surface area contributed by atoms with Crippen molar-refractivity contribution in [3.63, 3.8) is 0 Å². The fraction of sp³-hybridized carbons (Fsp3) is 0.562. The molecule has 4 nitrogen and oxygen atoms in total. The Hall–Kier alpha value is -0.880. The SMILES string of the molecule is CCN(CC(=O)O)C1CCN(Cc2ccc(F)c(Cl)c2Cl)CC1. The van der Waals surface area contributed by atoms with Crippen LogP contribution in [0.3, 0.4) is 0 Å². The number of halogens is 3. The summed E-state index contributed by atoms with van der Waals surface area (Å²) in [6, 6.07) is 3.29. The lowest BCUT2D eigenvalue weighted by molar-refractivity contribution is -0.139. The van der Waals surface area contributed by atoms with E-state index in [0.29, 0.717) is 12.6 Å². The molecule has 0 amide bonds. The number of piperidine rings is 1. The predicted molar refractivity (Wildman–Crippen MR) is 89.6 cm³/mol. The lowest BCUT2D eigenvalue weighted by Crippen LogP contribution is -2.46. The monoisotopic (exact) mass is 362 g/mol. The van der Waals surface area contributed by atoms with Crippen LogP contribution in [0, 0.1) is 5.82 Å². The molecule has 0 aromatic heterocycles. The third kappa shape index (κ3) is 4.80. The average Bonchev–Trinajstić information content (AvgIpc) is 2.54. The molecule has 2 rings (SSSR count). The van der Waals surface area contributed by atoms with Gasteiger partial charge in [-0.2, -0.15) is 0 Å². The number of likely N-dealkylation sites (N-methyl/N-ethyl adjacent to an activating group) is 1. The topological polar surface area (TPSA) is 43.8 Å². The lowest BCUT2D eigenvalue weighted by Gasteiger charge is -2.37. The molecule has 0 spiro atoms. The van der Waals surface area contributed by atoms with Crippen LogP contribution in [0.25, 0.3) is 0 Å². The average molecular weight is 363 g/mol. The van der Waals surface area contributed by atoms with Crippen molar-refractivity contribution in [3.8, 4) is 0 Å². The largest absolute Gasteiger partial charge is 0.480 e. The van der Waals surface area contributed by atoms with E-state index in [1.807, 2.05) is 11.8 Å². The van der Waals surface area contributed by atoms with Crippen LogP contribution in [-0.2, 0) is 11.3 Å². The molecule has 0 aliphatic carbocycles. The van der Waals surface area contributed by atoms with Gasteiger partial charge in [-0.25, -0.2) is 4.39 Å². The van der Waals surface area contributed by atoms with Gasteiger partial charge in [0.1, 0.15) is 5.82 Å². The lowest BCUT2D eigenvalue weighted by atomic mass is 10.0. The molecular weight excluding hydrogens is 342 g/mol. The zero-order chi connectivity index (χ0) is 17.0. The smallest absolute Gasteiger partial charge is 0.317 e. The van der Waals surface area contributed by atoms with E-state index in [2.05, 4.69) is 4.90 Å². The molecule has 7 heteroatoms. The third-order valence-corrected chi connectivity index (χ3v) is 5.23. The summed E-state index contributed by atoms with van der Waals surface area (Å²) in [7, 11) is 0. The molecule has 1 N–H and O–H groups in total. The highest BCUT2D eigenvalue weighted by Crippen LogP contribution is 2.30. The molecule has 0 bridgehead atoms. The van der Waals surface area contributed by atoms with E-state index in [1.54, 1.807) is 6.07 Å². The molecule has 1 aliphatic heterocycles. The van der Waals surface area contributed by atoms with Crippen LogP contribution in [-0.4, -0.2) is 53.1 Å². The molecule has 23 heavy (non-hydrogen) atoms. The molecule has 0 radical (unpaired) electrons. The van der Waals surface area contributed by atoms with Gasteiger partial charge >= 0.3 is 5.97 Å². The Bertz CT molecular complexity index is 563. The number of hydrogen-bond acceptors (Lipinski definition) is 3. The molecule has 0 atom stereocenters. The Labute approximate surface area is 145 Å². The van der Waals surface area contributed by atoms with Gasteiger partial charge in [-0.05, 0) is 44.1 Å². The van der Waals surface area contributed by atoms with E-state index in [-0.39, 0.29) is 16.6 Å². The highest BCUT2D eigenvalue weighted by Gasteiger charge is 2.25. The van der Waals surface area contributed by atoms with Gasteiger partial charge in [0.25, 0.3) is 0 Å². The molecule has 0 saturated carbocycles. The first-order chi connectivity index (χ1) is 10.9. The van der Waals surface area contributed by atoms with Crippen molar-refractivity contribution in [3.05, 3.63) is 33.6 Å². The summed E-state index contributed by atoms with van der Waals surface area (Å²) in [5, 5.41) is 9.20. The van der Waals surface area contributed by atoms with Gasteiger partial charge < -0.3 is 5.11 Å². The van der Waals surface area contributed by atoms with Crippen LogP contribution in [0.4, 0.5) is 4.39 Å². The normalized spacial score (nSPS) is 16.9. The van der Waals surface area contributed by atoms with Crippen LogP contribution < -0.4 is 0 Å². The first-order valence-electron chi connectivity index (χ1n) is 7.73. The highest BCUT2D eigenvalue weighted by molar-refractivity contribution is 6.42. The molecule has 1 fully saturated rings. The maximum absolute atomic E-state index is 13.3. The number of carboxylic acid groups (broad SMARTS) is 1. The molecule has 1 saturated heterocycles. The summed E-state index contributed by atoms with van der Waals surface area (Å²) in [5.41, 5.74) is 0.814. The number of benzene rings is 1. The Morgan fingerprint density at radius 3 is 2.57 bits per heavy atom. The number of aliphatic carboxylic acids is 1. The zero-order valence-corrected chi connectivity index (χ0v) is 14.6. The summed E-state index contributed by atoms with van der Waals surface area (Å²) in [4.78, 5) is 15.1. The molecule has 128 valence electrons. The number of likely N-dealkylation sites (tertiary alicyclic amines) is 1. The Kier molecular flexibility index (Phi) is 6.65. The highest BCUT2D eigenvalue weighted by atomic mass is 35.5. The predicted octanol–water partition coefficient (Wildman–Crippen LogP) is 3.50. The number of hydrogen-bond donors (Lipinski definition) is 1. The van der Waals surface area contributed by atoms with E-state index < -0.39 is 11.8 Å². The number of carbonyl (C=O) groups is 1. The van der Waals surface area contributed by atoms with Crippen LogP contribution in [0.1, 0.15) is 25.3 Å². The van der Waals surface area contributed by atoms with E-state index in [4.69, 9.17) is 28.3 Å². The molecule has 0 unspecified atom stereocenters. The molecule has 1 aromatic carbocycles. The van der Waals surface area contributed by atoms with Crippen LogP contribution >= 0.6 is 23.2 Å². The number of carboxylic acids is 1. The summed E-state index contributed by atoms with van der Waals surface area (Å²) in [6.07, 6.45) is 1.82. The number of rotatable bonds is 6. The van der Waals surface area contributed by atoms with Gasteiger partial charge in [-0.3, -0.25) is 14.6 Å². The number of nitrogens with zero attached hydrogens (tertiary/aromatic N) is 2. The van der Waals surface area contributed by atoms with E-state index in [1.165, 1.54) is 6.07 Å². The first-order valence-corrected chi connectivity index (χ1v) is 8.48. The molecule has 1 heterocycles. The molecular formula is C16H21Cl2FN2O2. The first kappa shape index (κ1) is 18.5. The fourth-order valence-electron chi connectivity index (χ4n) is 3.04. The summed E-state index contributed by atoms with van der Waals surface area (Å²) in [6.45, 7) is 5.13. The second-order valence-electron chi connectivity index (χ2n) is 5.80. The van der Waals surface area contributed by atoms with Gasteiger partial charge in [0, 0.05) is 12.6 Å². The molecule has 1 aliphatic rings. The van der Waals surface area contributed by atoms with Crippen molar-refractivity contribution in [2.75, 3.05) is 26.2 Å². The van der Waals surface area contributed by atoms with E-state index >= 15 is 0 Å². The van der Waals surface area contributed by atoms with Gasteiger partial charge in [-0.1, -0.05) is 36.2 Å². The van der Waals surface area contributed by atoms with Crippen molar-refractivity contribution >= 4 is 29.2 Å². The van der Waals surface area contributed by atoms with Gasteiger partial charge in [0.05, 0.1) is 16.6 Å². The quantitative estimate of drug-likeness (QED) is 0.786. The second kappa shape index (κ2) is 8.29. The fourth-order valence-corrected chi connectivity index (χ4v) is 3.44. The minimum Gasteiger partial charge on any atom is -0.480 e.